The van der Waals surface area contributed by atoms with Crippen molar-refractivity contribution < 1.29 is 18.8 Å². The van der Waals surface area contributed by atoms with E-state index in [0.717, 1.165) is 25.7 Å². The van der Waals surface area contributed by atoms with Gasteiger partial charge in [-0.15, -0.1) is 0 Å². The van der Waals surface area contributed by atoms with E-state index in [1.165, 1.54) is 24.3 Å². The van der Waals surface area contributed by atoms with Crippen molar-refractivity contribution in [3.8, 4) is 0 Å². The number of piperidine rings is 1. The fraction of sp³-hybridized carbons (Fsp3) is 0.423. The molecule has 1 aliphatic carbocycles. The first-order chi connectivity index (χ1) is 16.4. The van der Waals surface area contributed by atoms with Crippen LogP contribution < -0.4 is 10.6 Å². The molecule has 6 nitrogen and oxygen atoms in total. The van der Waals surface area contributed by atoms with Crippen LogP contribution >= 0.6 is 11.6 Å². The van der Waals surface area contributed by atoms with Gasteiger partial charge in [-0.3, -0.25) is 14.4 Å². The third-order valence-electron chi connectivity index (χ3n) is 6.77. The third-order valence-corrected chi connectivity index (χ3v) is 7.10. The summed E-state index contributed by atoms with van der Waals surface area (Å²) in [4.78, 5) is 40.1. The van der Waals surface area contributed by atoms with E-state index in [-0.39, 0.29) is 41.5 Å². The Morgan fingerprint density at radius 3 is 2.12 bits per heavy atom. The maximum atomic E-state index is 13.2. The van der Waals surface area contributed by atoms with E-state index < -0.39 is 0 Å². The first-order valence-electron chi connectivity index (χ1n) is 11.8. The van der Waals surface area contributed by atoms with Crippen LogP contribution in [0.5, 0.6) is 0 Å². The Hall–Kier alpha value is -2.93. The Bertz CT molecular complexity index is 1040. The van der Waals surface area contributed by atoms with Gasteiger partial charge in [0.05, 0.1) is 10.6 Å². The number of likely N-dealkylation sites (tertiary alicyclic amines) is 1. The van der Waals surface area contributed by atoms with Crippen LogP contribution in [-0.2, 0) is 4.79 Å². The summed E-state index contributed by atoms with van der Waals surface area (Å²) in [6.07, 6.45) is 4.71. The zero-order chi connectivity index (χ0) is 24.1. The minimum Gasteiger partial charge on any atom is -0.351 e. The topological polar surface area (TPSA) is 78.5 Å². The van der Waals surface area contributed by atoms with Crippen molar-refractivity contribution in [1.82, 2.24) is 15.5 Å². The minimum absolute atomic E-state index is 0.0298. The molecule has 1 saturated heterocycles. The molecule has 34 heavy (non-hydrogen) atoms. The molecule has 4 rings (SSSR count). The molecule has 0 bridgehead atoms. The van der Waals surface area contributed by atoms with Gasteiger partial charge in [0.2, 0.25) is 5.91 Å². The van der Waals surface area contributed by atoms with E-state index in [1.54, 1.807) is 29.2 Å². The highest BCUT2D eigenvalue weighted by Gasteiger charge is 2.33. The van der Waals surface area contributed by atoms with E-state index in [4.69, 9.17) is 11.6 Å². The normalized spacial score (nSPS) is 21.1. The summed E-state index contributed by atoms with van der Waals surface area (Å²) in [5.41, 5.74) is 0.877. The second-order valence-electron chi connectivity index (χ2n) is 9.03. The number of halogens is 2. The lowest BCUT2D eigenvalue weighted by atomic mass is 9.88. The number of hydrogen-bond donors (Lipinski definition) is 2. The highest BCUT2D eigenvalue weighted by atomic mass is 35.5. The number of amides is 3. The lowest BCUT2D eigenvalue weighted by molar-refractivity contribution is -0.127. The molecule has 2 aromatic carbocycles. The molecule has 0 radical (unpaired) electrons. The van der Waals surface area contributed by atoms with E-state index in [2.05, 4.69) is 10.6 Å². The predicted molar refractivity (Wildman–Crippen MR) is 128 cm³/mol. The van der Waals surface area contributed by atoms with Crippen molar-refractivity contribution in [3.05, 3.63) is 70.5 Å². The molecule has 8 heteroatoms. The molecule has 2 aliphatic rings. The second kappa shape index (κ2) is 11.0. The fourth-order valence-corrected chi connectivity index (χ4v) is 5.00. The summed E-state index contributed by atoms with van der Waals surface area (Å²) in [6, 6.07) is 12.1. The quantitative estimate of drug-likeness (QED) is 0.666. The van der Waals surface area contributed by atoms with Gasteiger partial charge in [-0.2, -0.15) is 0 Å². The molecule has 3 amide bonds. The average molecular weight is 486 g/mol. The number of benzene rings is 2. The van der Waals surface area contributed by atoms with Crippen molar-refractivity contribution in [2.45, 2.75) is 50.6 Å². The molecule has 2 aromatic rings. The largest absolute Gasteiger partial charge is 0.351 e. The summed E-state index contributed by atoms with van der Waals surface area (Å²) in [5.74, 6) is -0.972. The molecule has 0 spiro atoms. The summed E-state index contributed by atoms with van der Waals surface area (Å²) >= 11 is 6.16. The van der Waals surface area contributed by atoms with Crippen LogP contribution in [0, 0.1) is 11.7 Å². The van der Waals surface area contributed by atoms with Crippen molar-refractivity contribution in [2.75, 3.05) is 13.1 Å². The van der Waals surface area contributed by atoms with Crippen molar-refractivity contribution >= 4 is 29.3 Å². The van der Waals surface area contributed by atoms with Crippen molar-refractivity contribution in [1.29, 1.82) is 0 Å². The number of carbonyl (C=O) groups excluding carboxylic acids is 3. The molecule has 180 valence electrons. The lowest BCUT2D eigenvalue weighted by Gasteiger charge is -2.36. The van der Waals surface area contributed by atoms with Gasteiger partial charge in [-0.25, -0.2) is 4.39 Å². The van der Waals surface area contributed by atoms with Gasteiger partial charge < -0.3 is 15.5 Å². The first kappa shape index (κ1) is 24.2. The van der Waals surface area contributed by atoms with Crippen LogP contribution in [0.1, 0.15) is 59.2 Å². The first-order valence-corrected chi connectivity index (χ1v) is 12.2. The van der Waals surface area contributed by atoms with Gasteiger partial charge >= 0.3 is 0 Å². The third kappa shape index (κ3) is 5.76. The standard InChI is InChI=1S/C26H29ClFN3O3/c27-21-6-2-1-5-20(21)26(34)31-15-13-18(14-16-31)25(33)30-23-8-4-3-7-22(23)29-24(32)17-9-11-19(28)12-10-17/h1-2,5-6,9-12,18,22-23H,3-4,7-8,13-16H2,(H,29,32)(H,30,33)/t22-,23-/m1/s1. The van der Waals surface area contributed by atoms with Crippen LogP contribution in [-0.4, -0.2) is 47.8 Å². The van der Waals surface area contributed by atoms with Crippen LogP contribution in [0.25, 0.3) is 0 Å². The van der Waals surface area contributed by atoms with Gasteiger partial charge in [0.1, 0.15) is 5.82 Å². The zero-order valence-corrected chi connectivity index (χ0v) is 19.7. The van der Waals surface area contributed by atoms with E-state index in [0.29, 0.717) is 42.1 Å². The van der Waals surface area contributed by atoms with Crippen LogP contribution in [0.4, 0.5) is 4.39 Å². The fourth-order valence-electron chi connectivity index (χ4n) is 4.78. The maximum absolute atomic E-state index is 13.2. The zero-order valence-electron chi connectivity index (χ0n) is 18.9. The average Bonchev–Trinajstić information content (AvgIpc) is 2.85. The minimum atomic E-state index is -0.390. The summed E-state index contributed by atoms with van der Waals surface area (Å²) < 4.78 is 13.2. The van der Waals surface area contributed by atoms with Crippen LogP contribution in [0.15, 0.2) is 48.5 Å². The molecule has 1 heterocycles. The van der Waals surface area contributed by atoms with Crippen LogP contribution in [0.3, 0.4) is 0 Å². The van der Waals surface area contributed by atoms with Gasteiger partial charge in [0.15, 0.2) is 0 Å². The second-order valence-corrected chi connectivity index (χ2v) is 9.44. The highest BCUT2D eigenvalue weighted by Crippen LogP contribution is 2.24. The SMILES string of the molecule is O=C(N[C@@H]1CCCC[C@H]1NC(=O)C1CCN(C(=O)c2ccccc2Cl)CC1)c1ccc(F)cc1. The maximum Gasteiger partial charge on any atom is 0.255 e. The van der Waals surface area contributed by atoms with Gasteiger partial charge in [0.25, 0.3) is 11.8 Å². The highest BCUT2D eigenvalue weighted by molar-refractivity contribution is 6.33. The monoisotopic (exact) mass is 485 g/mol. The van der Waals surface area contributed by atoms with E-state index >= 15 is 0 Å². The summed E-state index contributed by atoms with van der Waals surface area (Å²) in [6.45, 7) is 0.995. The smallest absolute Gasteiger partial charge is 0.255 e. The molecular weight excluding hydrogens is 457 g/mol. The van der Waals surface area contributed by atoms with Crippen molar-refractivity contribution in [2.24, 2.45) is 5.92 Å². The van der Waals surface area contributed by atoms with Crippen molar-refractivity contribution in [3.63, 3.8) is 0 Å². The lowest BCUT2D eigenvalue weighted by Crippen LogP contribution is -2.55. The predicted octanol–water partition coefficient (Wildman–Crippen LogP) is 4.19. The van der Waals surface area contributed by atoms with Gasteiger partial charge in [-0.1, -0.05) is 36.6 Å². The molecule has 2 atom stereocenters. The Kier molecular flexibility index (Phi) is 7.83. The summed E-state index contributed by atoms with van der Waals surface area (Å²) in [5, 5.41) is 6.60. The molecule has 2 N–H and O–H groups in total. The Labute approximate surface area is 203 Å². The Balaban J connectivity index is 1.31. The number of nitrogens with one attached hydrogen (secondary N) is 2. The van der Waals surface area contributed by atoms with E-state index in [1.807, 2.05) is 0 Å². The Morgan fingerprint density at radius 2 is 1.47 bits per heavy atom. The molecular formula is C26H29ClFN3O3. The van der Waals surface area contributed by atoms with Gasteiger partial charge in [-0.05, 0) is 62.1 Å². The van der Waals surface area contributed by atoms with Crippen LogP contribution in [0.2, 0.25) is 5.02 Å². The Morgan fingerprint density at radius 1 is 0.853 bits per heavy atom. The number of rotatable bonds is 5. The van der Waals surface area contributed by atoms with Gasteiger partial charge in [0, 0.05) is 36.7 Å². The number of hydrogen-bond acceptors (Lipinski definition) is 3. The van der Waals surface area contributed by atoms with E-state index in [9.17, 15) is 18.8 Å². The molecule has 0 unspecified atom stereocenters. The molecule has 0 aromatic heterocycles. The number of carbonyl (C=O) groups is 3. The molecule has 1 saturated carbocycles. The molecule has 2 fully saturated rings. The summed E-state index contributed by atoms with van der Waals surface area (Å²) in [7, 11) is 0. The number of nitrogens with zero attached hydrogens (tertiary/aromatic N) is 1. The molecule has 1 aliphatic heterocycles.